The molecule has 2 N–H and O–H groups in total. The second-order valence-corrected chi connectivity index (χ2v) is 8.48. The molecule has 174 valence electrons. The summed E-state index contributed by atoms with van der Waals surface area (Å²) in [6, 6.07) is 23.2. The molecule has 0 aliphatic rings. The Labute approximate surface area is 203 Å². The Morgan fingerprint density at radius 1 is 0.971 bits per heavy atom. The molecule has 2 aromatic heterocycles. The molecule has 0 saturated carbocycles. The first kappa shape index (κ1) is 22.4. The van der Waals surface area contributed by atoms with E-state index in [2.05, 4.69) is 15.4 Å². The Kier molecular flexibility index (Phi) is 6.32. The molecule has 0 fully saturated rings. The molecule has 1 amide bonds. The smallest absolute Gasteiger partial charge is 0.255 e. The van der Waals surface area contributed by atoms with Crippen LogP contribution in [0, 0.1) is 6.92 Å². The van der Waals surface area contributed by atoms with E-state index in [1.54, 1.807) is 17.1 Å². The number of hydrogen-bond donors (Lipinski definition) is 2. The molecular weight excluding hydrogens is 438 g/mol. The minimum atomic E-state index is -0.174. The number of aryl methyl sites for hydroxylation is 1. The largest absolute Gasteiger partial charge is 0.392 e. The number of fused-ring (bicyclic) bond motifs is 1. The van der Waals surface area contributed by atoms with Crippen LogP contribution in [0.15, 0.2) is 85.5 Å². The minimum Gasteiger partial charge on any atom is -0.392 e. The van der Waals surface area contributed by atoms with E-state index in [1.165, 1.54) is 6.33 Å². The lowest BCUT2D eigenvalue weighted by Gasteiger charge is -2.14. The first-order valence-electron chi connectivity index (χ1n) is 11.4. The van der Waals surface area contributed by atoms with E-state index < -0.39 is 0 Å². The van der Waals surface area contributed by atoms with E-state index in [1.807, 2.05) is 73.7 Å². The molecule has 0 saturated heterocycles. The molecule has 7 heteroatoms. The van der Waals surface area contributed by atoms with Gasteiger partial charge in [0.15, 0.2) is 0 Å². The van der Waals surface area contributed by atoms with Crippen LogP contribution < -0.4 is 5.32 Å². The van der Waals surface area contributed by atoms with Gasteiger partial charge in [-0.3, -0.25) is 9.78 Å². The molecular formula is C28H25N5O2. The van der Waals surface area contributed by atoms with Crippen molar-refractivity contribution in [3.8, 4) is 0 Å². The molecule has 7 nitrogen and oxygen atoms in total. The number of amides is 1. The third-order valence-electron chi connectivity index (χ3n) is 5.95. The van der Waals surface area contributed by atoms with Crippen molar-refractivity contribution >= 4 is 22.5 Å². The Balaban J connectivity index is 1.41. The predicted octanol–water partition coefficient (Wildman–Crippen LogP) is 4.52. The maximum Gasteiger partial charge on any atom is 0.255 e. The fourth-order valence-electron chi connectivity index (χ4n) is 4.30. The third kappa shape index (κ3) is 4.95. The van der Waals surface area contributed by atoms with Crippen LogP contribution in [-0.2, 0) is 19.6 Å². The van der Waals surface area contributed by atoms with Gasteiger partial charge in [-0.25, -0.2) is 9.67 Å². The van der Waals surface area contributed by atoms with Crippen LogP contribution in [0.4, 0.5) is 5.69 Å². The van der Waals surface area contributed by atoms with Gasteiger partial charge in [0.2, 0.25) is 0 Å². The average molecular weight is 464 g/mol. The van der Waals surface area contributed by atoms with Gasteiger partial charge in [-0.05, 0) is 53.4 Å². The van der Waals surface area contributed by atoms with Crippen LogP contribution in [0.25, 0.3) is 10.9 Å². The zero-order chi connectivity index (χ0) is 24.2. The molecule has 0 atom stereocenters. The summed E-state index contributed by atoms with van der Waals surface area (Å²) < 4.78 is 1.72. The van der Waals surface area contributed by atoms with Crippen LogP contribution in [0.1, 0.15) is 38.3 Å². The summed E-state index contributed by atoms with van der Waals surface area (Å²) in [6.45, 7) is 2.44. The van der Waals surface area contributed by atoms with Crippen molar-refractivity contribution in [1.82, 2.24) is 19.7 Å². The van der Waals surface area contributed by atoms with Gasteiger partial charge in [-0.15, -0.1) is 0 Å². The number of hydrogen-bond acceptors (Lipinski definition) is 5. The monoisotopic (exact) mass is 463 g/mol. The van der Waals surface area contributed by atoms with Gasteiger partial charge >= 0.3 is 0 Å². The number of aliphatic hydroxyl groups is 1. The summed E-state index contributed by atoms with van der Waals surface area (Å²) in [5, 5.41) is 18.0. The summed E-state index contributed by atoms with van der Waals surface area (Å²) in [6.07, 6.45) is 3.74. The lowest BCUT2D eigenvalue weighted by Crippen LogP contribution is -2.14. The lowest BCUT2D eigenvalue weighted by atomic mass is 9.98. The molecule has 0 spiro atoms. The first-order chi connectivity index (χ1) is 17.1. The SMILES string of the molecule is Cc1cc(CO)c2cccc(Cc3ccccc3NC(=O)c3cccc(Cn4cncn4)c3)c2n1. The van der Waals surface area contributed by atoms with Crippen LogP contribution >= 0.6 is 0 Å². The summed E-state index contributed by atoms with van der Waals surface area (Å²) in [7, 11) is 0. The average Bonchev–Trinajstić information content (AvgIpc) is 3.38. The molecule has 0 aliphatic heterocycles. The van der Waals surface area contributed by atoms with Gasteiger partial charge < -0.3 is 10.4 Å². The second kappa shape index (κ2) is 9.87. The summed E-state index contributed by atoms with van der Waals surface area (Å²) in [4.78, 5) is 21.8. The highest BCUT2D eigenvalue weighted by atomic mass is 16.3. The summed E-state index contributed by atoms with van der Waals surface area (Å²) in [5.74, 6) is -0.174. The molecule has 3 aromatic carbocycles. The third-order valence-corrected chi connectivity index (χ3v) is 5.95. The van der Waals surface area contributed by atoms with Gasteiger partial charge in [0, 0.05) is 28.8 Å². The number of aliphatic hydroxyl groups excluding tert-OH is 1. The fraction of sp³-hybridized carbons (Fsp3) is 0.143. The van der Waals surface area contributed by atoms with Crippen molar-refractivity contribution in [3.05, 3.63) is 119 Å². The van der Waals surface area contributed by atoms with Crippen LogP contribution in [-0.4, -0.2) is 30.8 Å². The number of nitrogens with one attached hydrogen (secondary N) is 1. The maximum absolute atomic E-state index is 13.1. The van der Waals surface area contributed by atoms with E-state index in [0.717, 1.165) is 44.5 Å². The Morgan fingerprint density at radius 3 is 2.63 bits per heavy atom. The van der Waals surface area contributed by atoms with E-state index in [0.29, 0.717) is 18.5 Å². The normalized spacial score (nSPS) is 11.0. The van der Waals surface area contributed by atoms with Crippen molar-refractivity contribution in [3.63, 3.8) is 0 Å². The standard InChI is InChI=1S/C28H25N5O2/c1-19-12-24(16-34)25-10-5-8-22(27(25)31-19)14-21-7-2-3-11-26(21)32-28(35)23-9-4-6-20(13-23)15-33-18-29-17-30-33/h2-13,17-18,34H,14-16H2,1H3,(H,32,35). The highest BCUT2D eigenvalue weighted by Gasteiger charge is 2.13. The number of aromatic nitrogens is 4. The second-order valence-electron chi connectivity index (χ2n) is 8.48. The fourth-order valence-corrected chi connectivity index (χ4v) is 4.30. The molecule has 0 aliphatic carbocycles. The first-order valence-corrected chi connectivity index (χ1v) is 11.4. The van der Waals surface area contributed by atoms with Crippen molar-refractivity contribution < 1.29 is 9.90 Å². The minimum absolute atomic E-state index is 0.0358. The number of rotatable bonds is 7. The van der Waals surface area contributed by atoms with Gasteiger partial charge in [0.05, 0.1) is 18.7 Å². The number of carbonyl (C=O) groups excluding carboxylic acids is 1. The quantitative estimate of drug-likeness (QED) is 0.370. The van der Waals surface area contributed by atoms with Crippen molar-refractivity contribution in [2.24, 2.45) is 0 Å². The molecule has 2 heterocycles. The van der Waals surface area contributed by atoms with Crippen molar-refractivity contribution in [2.75, 3.05) is 5.32 Å². The lowest BCUT2D eigenvalue weighted by molar-refractivity contribution is 0.102. The topological polar surface area (TPSA) is 92.9 Å². The van der Waals surface area contributed by atoms with E-state index in [-0.39, 0.29) is 12.5 Å². The number of carbonyl (C=O) groups is 1. The number of para-hydroxylation sites is 2. The van der Waals surface area contributed by atoms with Gasteiger partial charge in [-0.1, -0.05) is 48.5 Å². The molecule has 0 unspecified atom stereocenters. The maximum atomic E-state index is 13.1. The zero-order valence-electron chi connectivity index (χ0n) is 19.3. The summed E-state index contributed by atoms with van der Waals surface area (Å²) in [5.41, 5.74) is 6.92. The van der Waals surface area contributed by atoms with Crippen molar-refractivity contribution in [1.29, 1.82) is 0 Å². The molecule has 0 radical (unpaired) electrons. The van der Waals surface area contributed by atoms with Gasteiger partial charge in [-0.2, -0.15) is 5.10 Å². The van der Waals surface area contributed by atoms with Crippen LogP contribution in [0.5, 0.6) is 0 Å². The molecule has 35 heavy (non-hydrogen) atoms. The Hall–Kier alpha value is -4.36. The Bertz CT molecular complexity index is 1500. The van der Waals surface area contributed by atoms with Gasteiger partial charge in [0.25, 0.3) is 5.91 Å². The van der Waals surface area contributed by atoms with E-state index >= 15 is 0 Å². The number of nitrogens with zero attached hydrogens (tertiary/aromatic N) is 4. The Morgan fingerprint density at radius 2 is 1.80 bits per heavy atom. The van der Waals surface area contributed by atoms with Gasteiger partial charge in [0.1, 0.15) is 12.7 Å². The van der Waals surface area contributed by atoms with Crippen LogP contribution in [0.2, 0.25) is 0 Å². The predicted molar refractivity (Wildman–Crippen MR) is 135 cm³/mol. The van der Waals surface area contributed by atoms with E-state index in [4.69, 9.17) is 4.98 Å². The summed E-state index contributed by atoms with van der Waals surface area (Å²) >= 11 is 0. The van der Waals surface area contributed by atoms with E-state index in [9.17, 15) is 9.90 Å². The highest BCUT2D eigenvalue weighted by molar-refractivity contribution is 6.04. The molecule has 0 bridgehead atoms. The number of pyridine rings is 1. The number of anilines is 1. The molecule has 5 aromatic rings. The number of benzene rings is 3. The van der Waals surface area contributed by atoms with Crippen molar-refractivity contribution in [2.45, 2.75) is 26.5 Å². The highest BCUT2D eigenvalue weighted by Crippen LogP contribution is 2.26. The zero-order valence-corrected chi connectivity index (χ0v) is 19.3. The molecule has 5 rings (SSSR count). The van der Waals surface area contributed by atoms with Crippen LogP contribution in [0.3, 0.4) is 0 Å².